The molecular formula is C14H24O4. The van der Waals surface area contributed by atoms with E-state index in [9.17, 15) is 5.11 Å². The van der Waals surface area contributed by atoms with Crippen LogP contribution in [0.15, 0.2) is 0 Å². The van der Waals surface area contributed by atoms with Crippen molar-refractivity contribution < 1.29 is 19.3 Å². The molecule has 0 spiro atoms. The van der Waals surface area contributed by atoms with Crippen LogP contribution in [0.25, 0.3) is 0 Å². The van der Waals surface area contributed by atoms with Crippen molar-refractivity contribution in [2.24, 2.45) is 0 Å². The maximum atomic E-state index is 10.7. The van der Waals surface area contributed by atoms with Crippen LogP contribution in [-0.4, -0.2) is 39.9 Å². The number of rotatable bonds is 1. The second kappa shape index (κ2) is 3.29. The third kappa shape index (κ3) is 1.59. The molecule has 5 atom stereocenters. The van der Waals surface area contributed by atoms with E-state index in [1.165, 1.54) is 0 Å². The lowest BCUT2D eigenvalue weighted by molar-refractivity contribution is -0.268. The lowest BCUT2D eigenvalue weighted by Gasteiger charge is -2.47. The molecule has 0 aromatic carbocycles. The van der Waals surface area contributed by atoms with E-state index in [4.69, 9.17) is 14.2 Å². The van der Waals surface area contributed by atoms with Crippen molar-refractivity contribution in [3.05, 3.63) is 0 Å². The second-order valence-corrected chi connectivity index (χ2v) is 7.14. The third-order valence-electron chi connectivity index (χ3n) is 4.78. The van der Waals surface area contributed by atoms with E-state index in [0.717, 1.165) is 6.42 Å². The topological polar surface area (TPSA) is 47.9 Å². The monoisotopic (exact) mass is 256 g/mol. The fraction of sp³-hybridized carbons (Fsp3) is 1.00. The zero-order valence-corrected chi connectivity index (χ0v) is 11.9. The van der Waals surface area contributed by atoms with Crippen molar-refractivity contribution in [2.45, 2.75) is 88.7 Å². The van der Waals surface area contributed by atoms with Gasteiger partial charge in [0.15, 0.2) is 5.79 Å². The highest BCUT2D eigenvalue weighted by Gasteiger charge is 2.70. The van der Waals surface area contributed by atoms with Crippen LogP contribution in [-0.2, 0) is 14.2 Å². The number of hydrogen-bond acceptors (Lipinski definition) is 4. The second-order valence-electron chi connectivity index (χ2n) is 7.14. The predicted molar refractivity (Wildman–Crippen MR) is 66.2 cm³/mol. The molecule has 2 bridgehead atoms. The van der Waals surface area contributed by atoms with Gasteiger partial charge in [-0.2, -0.15) is 0 Å². The lowest BCUT2D eigenvalue weighted by atomic mass is 9.79. The smallest absolute Gasteiger partial charge is 0.164 e. The zero-order valence-electron chi connectivity index (χ0n) is 11.9. The van der Waals surface area contributed by atoms with Gasteiger partial charge in [-0.15, -0.1) is 0 Å². The maximum Gasteiger partial charge on any atom is 0.164 e. The molecule has 4 heteroatoms. The molecule has 1 unspecified atom stereocenters. The van der Waals surface area contributed by atoms with Gasteiger partial charge < -0.3 is 19.3 Å². The summed E-state index contributed by atoms with van der Waals surface area (Å²) in [5.41, 5.74) is -1.56. The molecule has 3 fully saturated rings. The molecule has 4 nitrogen and oxygen atoms in total. The highest BCUT2D eigenvalue weighted by atomic mass is 16.8. The quantitative estimate of drug-likeness (QED) is 0.779. The predicted octanol–water partition coefficient (Wildman–Crippen LogP) is 1.99. The first-order valence-electron chi connectivity index (χ1n) is 6.90. The van der Waals surface area contributed by atoms with Gasteiger partial charge in [-0.1, -0.05) is 6.92 Å². The van der Waals surface area contributed by atoms with Crippen LogP contribution in [0.3, 0.4) is 0 Å². The summed E-state index contributed by atoms with van der Waals surface area (Å²) >= 11 is 0. The van der Waals surface area contributed by atoms with Crippen LogP contribution in [0.2, 0.25) is 0 Å². The minimum atomic E-state index is -0.664. The summed E-state index contributed by atoms with van der Waals surface area (Å²) in [5.74, 6) is -0.552. The van der Waals surface area contributed by atoms with E-state index in [0.29, 0.717) is 12.8 Å². The van der Waals surface area contributed by atoms with E-state index >= 15 is 0 Å². The highest BCUT2D eigenvalue weighted by Crippen LogP contribution is 2.58. The molecule has 0 aliphatic carbocycles. The fourth-order valence-electron chi connectivity index (χ4n) is 4.19. The Morgan fingerprint density at radius 1 is 1.00 bits per heavy atom. The molecule has 0 radical (unpaired) electrons. The van der Waals surface area contributed by atoms with E-state index in [2.05, 4.69) is 0 Å². The standard InChI is InChI=1S/C14H24O4/c1-6-14(15)7-12(4)9-10(13(5,8-14)18-12)17-11(2,3)16-9/h9-10,15H,6-8H2,1-5H3/t9-,10+,12+,13-,14?. The van der Waals surface area contributed by atoms with Crippen LogP contribution in [0.4, 0.5) is 0 Å². The van der Waals surface area contributed by atoms with Crippen molar-refractivity contribution in [2.75, 3.05) is 0 Å². The molecule has 3 saturated heterocycles. The summed E-state index contributed by atoms with van der Waals surface area (Å²) < 4.78 is 18.3. The Kier molecular flexibility index (Phi) is 2.35. The number of fused-ring (bicyclic) bond motifs is 5. The van der Waals surface area contributed by atoms with Gasteiger partial charge in [-0.25, -0.2) is 0 Å². The summed E-state index contributed by atoms with van der Waals surface area (Å²) in [5, 5.41) is 10.7. The molecule has 3 aliphatic heterocycles. The number of aliphatic hydroxyl groups is 1. The average Bonchev–Trinajstić information content (AvgIpc) is 2.60. The maximum absolute atomic E-state index is 10.7. The summed E-state index contributed by atoms with van der Waals surface area (Å²) in [6.45, 7) is 10.00. The molecule has 0 saturated carbocycles. The largest absolute Gasteiger partial charge is 0.390 e. The van der Waals surface area contributed by atoms with Crippen LogP contribution in [0.5, 0.6) is 0 Å². The third-order valence-corrected chi connectivity index (χ3v) is 4.78. The van der Waals surface area contributed by atoms with Crippen molar-refractivity contribution in [3.63, 3.8) is 0 Å². The SMILES string of the molecule is CCC1(O)C[C@@]2(C)O[C@@](C)(C1)[C@@H]1OC(C)(C)O[C@@H]12. The van der Waals surface area contributed by atoms with Gasteiger partial charge in [0, 0.05) is 12.8 Å². The van der Waals surface area contributed by atoms with Gasteiger partial charge in [0.25, 0.3) is 0 Å². The van der Waals surface area contributed by atoms with Crippen molar-refractivity contribution in [1.82, 2.24) is 0 Å². The first kappa shape index (κ1) is 12.9. The summed E-state index contributed by atoms with van der Waals surface area (Å²) in [6, 6.07) is 0. The summed E-state index contributed by atoms with van der Waals surface area (Å²) in [4.78, 5) is 0. The summed E-state index contributed by atoms with van der Waals surface area (Å²) in [7, 11) is 0. The van der Waals surface area contributed by atoms with Gasteiger partial charge in [-0.05, 0) is 34.1 Å². The van der Waals surface area contributed by atoms with Gasteiger partial charge >= 0.3 is 0 Å². The fourth-order valence-corrected chi connectivity index (χ4v) is 4.19. The van der Waals surface area contributed by atoms with E-state index in [-0.39, 0.29) is 12.2 Å². The Labute approximate surface area is 109 Å². The molecule has 0 aromatic heterocycles. The minimum Gasteiger partial charge on any atom is -0.390 e. The van der Waals surface area contributed by atoms with Crippen LogP contribution >= 0.6 is 0 Å². The average molecular weight is 256 g/mol. The Morgan fingerprint density at radius 2 is 1.44 bits per heavy atom. The first-order chi connectivity index (χ1) is 8.12. The molecule has 18 heavy (non-hydrogen) atoms. The first-order valence-corrected chi connectivity index (χ1v) is 6.90. The van der Waals surface area contributed by atoms with Gasteiger partial charge in [-0.3, -0.25) is 0 Å². The van der Waals surface area contributed by atoms with Crippen LogP contribution < -0.4 is 0 Å². The normalized spacial score (nSPS) is 57.7. The molecule has 104 valence electrons. The minimum absolute atomic E-state index is 0.0851. The van der Waals surface area contributed by atoms with Crippen molar-refractivity contribution in [1.29, 1.82) is 0 Å². The van der Waals surface area contributed by atoms with E-state index in [1.807, 2.05) is 34.6 Å². The van der Waals surface area contributed by atoms with Gasteiger partial charge in [0.05, 0.1) is 16.8 Å². The molecule has 3 aliphatic rings. The zero-order chi connectivity index (χ0) is 13.4. The lowest BCUT2D eigenvalue weighted by Crippen LogP contribution is -2.54. The molecule has 0 amide bonds. The van der Waals surface area contributed by atoms with Crippen LogP contribution in [0, 0.1) is 0 Å². The van der Waals surface area contributed by atoms with Crippen molar-refractivity contribution >= 4 is 0 Å². The number of hydrogen-bond donors (Lipinski definition) is 1. The van der Waals surface area contributed by atoms with Gasteiger partial charge in [0.2, 0.25) is 0 Å². The Bertz CT molecular complexity index is 352. The molecule has 3 heterocycles. The van der Waals surface area contributed by atoms with Crippen molar-refractivity contribution in [3.8, 4) is 0 Å². The highest BCUT2D eigenvalue weighted by molar-refractivity contribution is 5.18. The molecule has 1 N–H and O–H groups in total. The van der Waals surface area contributed by atoms with E-state index < -0.39 is 22.6 Å². The molecular weight excluding hydrogens is 232 g/mol. The van der Waals surface area contributed by atoms with Gasteiger partial charge in [0.1, 0.15) is 12.2 Å². The Balaban J connectivity index is 1.99. The molecule has 0 aromatic rings. The summed E-state index contributed by atoms with van der Waals surface area (Å²) in [6.07, 6.45) is 1.81. The van der Waals surface area contributed by atoms with E-state index in [1.54, 1.807) is 0 Å². The van der Waals surface area contributed by atoms with Crippen LogP contribution in [0.1, 0.15) is 53.9 Å². The Morgan fingerprint density at radius 3 is 1.83 bits per heavy atom. The Hall–Kier alpha value is -0.160. The number of ether oxygens (including phenoxy) is 3. The molecule has 3 rings (SSSR count).